The Hall–Kier alpha value is -2.73. The molecule has 0 aromatic carbocycles. The van der Waals surface area contributed by atoms with Crippen LogP contribution in [0.4, 0.5) is 5.82 Å². The maximum Gasteiger partial charge on any atom is 0.216 e. The first-order valence-corrected chi connectivity index (χ1v) is 9.10. The fourth-order valence-corrected chi connectivity index (χ4v) is 3.34. The number of hydrogen-bond donors (Lipinski definition) is 1. The van der Waals surface area contributed by atoms with Gasteiger partial charge in [-0.25, -0.2) is 9.97 Å². The normalized spacial score (nSPS) is 15.4. The van der Waals surface area contributed by atoms with Crippen LogP contribution in [0, 0.1) is 0 Å². The number of ether oxygens (including phenoxy) is 1. The van der Waals surface area contributed by atoms with E-state index in [0.717, 1.165) is 53.9 Å². The van der Waals surface area contributed by atoms with Crippen molar-refractivity contribution < 1.29 is 4.74 Å². The molecule has 6 nitrogen and oxygen atoms in total. The molecule has 0 spiro atoms. The Labute approximate surface area is 153 Å². The van der Waals surface area contributed by atoms with Gasteiger partial charge in [0.05, 0.1) is 17.8 Å². The van der Waals surface area contributed by atoms with Crippen LogP contribution in [-0.2, 0) is 0 Å². The summed E-state index contributed by atoms with van der Waals surface area (Å²) < 4.78 is 5.61. The molecule has 0 atom stereocenters. The summed E-state index contributed by atoms with van der Waals surface area (Å²) >= 11 is 0. The Morgan fingerprint density at radius 2 is 2.04 bits per heavy atom. The third kappa shape index (κ3) is 3.32. The van der Waals surface area contributed by atoms with Crippen molar-refractivity contribution in [1.82, 2.24) is 15.0 Å². The Kier molecular flexibility index (Phi) is 4.67. The molecule has 1 saturated heterocycles. The number of pyridine rings is 3. The second-order valence-corrected chi connectivity index (χ2v) is 6.54. The molecule has 0 aliphatic carbocycles. The Balaban J connectivity index is 1.68. The van der Waals surface area contributed by atoms with Crippen molar-refractivity contribution in [3.8, 4) is 17.1 Å². The highest BCUT2D eigenvalue weighted by atomic mass is 16.5. The fraction of sp³-hybridized carbons (Fsp3) is 0.350. The summed E-state index contributed by atoms with van der Waals surface area (Å²) in [5.41, 5.74) is 8.67. The molecule has 0 radical (unpaired) electrons. The van der Waals surface area contributed by atoms with Crippen LogP contribution in [0.15, 0.2) is 42.7 Å². The van der Waals surface area contributed by atoms with Crippen LogP contribution in [0.3, 0.4) is 0 Å². The summed E-state index contributed by atoms with van der Waals surface area (Å²) in [6, 6.07) is 10.3. The van der Waals surface area contributed by atoms with E-state index in [-0.39, 0.29) is 0 Å². The Morgan fingerprint density at radius 1 is 1.19 bits per heavy atom. The van der Waals surface area contributed by atoms with Crippen molar-refractivity contribution in [3.63, 3.8) is 0 Å². The number of fused-ring (bicyclic) bond motifs is 1. The van der Waals surface area contributed by atoms with Gasteiger partial charge in [-0.15, -0.1) is 0 Å². The van der Waals surface area contributed by atoms with E-state index >= 15 is 0 Å². The van der Waals surface area contributed by atoms with Crippen LogP contribution in [0.2, 0.25) is 0 Å². The molecule has 6 heteroatoms. The number of rotatable bonds is 4. The number of anilines is 1. The van der Waals surface area contributed by atoms with E-state index in [4.69, 9.17) is 10.5 Å². The van der Waals surface area contributed by atoms with Crippen LogP contribution in [-0.4, -0.2) is 40.7 Å². The van der Waals surface area contributed by atoms with Crippen LogP contribution in [0.5, 0.6) is 5.88 Å². The second-order valence-electron chi connectivity index (χ2n) is 6.54. The van der Waals surface area contributed by atoms with Gasteiger partial charge in [0, 0.05) is 48.5 Å². The van der Waals surface area contributed by atoms with Crippen molar-refractivity contribution in [3.05, 3.63) is 42.7 Å². The number of hydrogen-bond acceptors (Lipinski definition) is 6. The van der Waals surface area contributed by atoms with Gasteiger partial charge in [0.25, 0.3) is 0 Å². The van der Waals surface area contributed by atoms with E-state index in [0.29, 0.717) is 18.5 Å². The van der Waals surface area contributed by atoms with Crippen LogP contribution in [0.25, 0.3) is 22.2 Å². The van der Waals surface area contributed by atoms with Crippen molar-refractivity contribution in [2.24, 2.45) is 5.73 Å². The molecule has 0 amide bonds. The predicted octanol–water partition coefficient (Wildman–Crippen LogP) is 3.02. The van der Waals surface area contributed by atoms with Gasteiger partial charge in [-0.05, 0) is 44.0 Å². The van der Waals surface area contributed by atoms with E-state index in [2.05, 4.69) is 32.0 Å². The van der Waals surface area contributed by atoms with Gasteiger partial charge < -0.3 is 15.4 Å². The van der Waals surface area contributed by atoms with Crippen LogP contribution >= 0.6 is 0 Å². The van der Waals surface area contributed by atoms with Crippen molar-refractivity contribution in [2.75, 3.05) is 24.6 Å². The van der Waals surface area contributed by atoms with E-state index in [1.165, 1.54) is 0 Å². The minimum atomic E-state index is 0.315. The van der Waals surface area contributed by atoms with Gasteiger partial charge in [0.1, 0.15) is 5.82 Å². The molecule has 0 unspecified atom stereocenters. The molecule has 1 aliphatic heterocycles. The fourth-order valence-electron chi connectivity index (χ4n) is 3.34. The molecule has 2 N–H and O–H groups in total. The standard InChI is InChI=1S/C20H23N5O/c1-2-26-19-12-17-16(4-3-9-22-17)20(24-19)14-5-6-18(23-13-14)25-10-7-15(21)8-11-25/h3-6,9,12-13,15H,2,7-8,10-11,21H2,1H3. The van der Waals surface area contributed by atoms with Crippen molar-refractivity contribution >= 4 is 16.7 Å². The highest BCUT2D eigenvalue weighted by Gasteiger charge is 2.17. The smallest absolute Gasteiger partial charge is 0.216 e. The molecule has 1 aliphatic rings. The summed E-state index contributed by atoms with van der Waals surface area (Å²) in [5, 5.41) is 0.995. The van der Waals surface area contributed by atoms with Crippen LogP contribution in [0.1, 0.15) is 19.8 Å². The maximum atomic E-state index is 5.99. The number of aromatic nitrogens is 3. The third-order valence-electron chi connectivity index (χ3n) is 4.75. The number of piperidine rings is 1. The summed E-state index contributed by atoms with van der Waals surface area (Å²) in [7, 11) is 0. The number of nitrogens with zero attached hydrogens (tertiary/aromatic N) is 4. The molecular weight excluding hydrogens is 326 g/mol. The highest BCUT2D eigenvalue weighted by molar-refractivity contribution is 5.92. The van der Waals surface area contributed by atoms with Gasteiger partial charge in [-0.3, -0.25) is 4.98 Å². The zero-order valence-electron chi connectivity index (χ0n) is 14.9. The zero-order valence-corrected chi connectivity index (χ0v) is 14.9. The van der Waals surface area contributed by atoms with Gasteiger partial charge in [-0.1, -0.05) is 0 Å². The van der Waals surface area contributed by atoms with E-state index in [9.17, 15) is 0 Å². The van der Waals surface area contributed by atoms with Crippen molar-refractivity contribution in [1.29, 1.82) is 0 Å². The molecule has 134 valence electrons. The monoisotopic (exact) mass is 349 g/mol. The lowest BCUT2D eigenvalue weighted by atomic mass is 10.1. The maximum absolute atomic E-state index is 5.99. The topological polar surface area (TPSA) is 77.2 Å². The molecule has 4 rings (SSSR count). The van der Waals surface area contributed by atoms with Gasteiger partial charge in [0.2, 0.25) is 5.88 Å². The van der Waals surface area contributed by atoms with Crippen LogP contribution < -0.4 is 15.4 Å². The van der Waals surface area contributed by atoms with Gasteiger partial charge in [0.15, 0.2) is 0 Å². The molecule has 4 heterocycles. The summed E-state index contributed by atoms with van der Waals surface area (Å²) in [5.74, 6) is 1.58. The molecule has 0 bridgehead atoms. The molecule has 1 fully saturated rings. The second kappa shape index (κ2) is 7.25. The Bertz CT molecular complexity index is 888. The summed E-state index contributed by atoms with van der Waals surface area (Å²) in [4.78, 5) is 16.1. The predicted molar refractivity (Wildman–Crippen MR) is 103 cm³/mol. The first-order chi connectivity index (χ1) is 12.7. The number of nitrogens with two attached hydrogens (primary N) is 1. The lowest BCUT2D eigenvalue weighted by Gasteiger charge is -2.31. The SMILES string of the molecule is CCOc1cc2ncccc2c(-c2ccc(N3CCC(N)CC3)nc2)n1. The molecule has 0 saturated carbocycles. The Morgan fingerprint density at radius 3 is 2.77 bits per heavy atom. The lowest BCUT2D eigenvalue weighted by Crippen LogP contribution is -2.40. The van der Waals surface area contributed by atoms with E-state index in [1.807, 2.05) is 31.3 Å². The zero-order chi connectivity index (χ0) is 17.9. The van der Waals surface area contributed by atoms with E-state index < -0.39 is 0 Å². The van der Waals surface area contributed by atoms with Gasteiger partial charge >= 0.3 is 0 Å². The largest absolute Gasteiger partial charge is 0.478 e. The van der Waals surface area contributed by atoms with Gasteiger partial charge in [-0.2, -0.15) is 0 Å². The summed E-state index contributed by atoms with van der Waals surface area (Å²) in [6.07, 6.45) is 5.69. The summed E-state index contributed by atoms with van der Waals surface area (Å²) in [6.45, 7) is 4.43. The van der Waals surface area contributed by atoms with E-state index in [1.54, 1.807) is 6.20 Å². The molecule has 3 aromatic rings. The lowest BCUT2D eigenvalue weighted by molar-refractivity contribution is 0.328. The molecular formula is C20H23N5O. The van der Waals surface area contributed by atoms with Crippen molar-refractivity contribution in [2.45, 2.75) is 25.8 Å². The minimum absolute atomic E-state index is 0.315. The quantitative estimate of drug-likeness (QED) is 0.780. The molecule has 3 aromatic heterocycles. The molecule has 26 heavy (non-hydrogen) atoms. The highest BCUT2D eigenvalue weighted by Crippen LogP contribution is 2.29. The minimum Gasteiger partial charge on any atom is -0.478 e. The average molecular weight is 349 g/mol. The first-order valence-electron chi connectivity index (χ1n) is 9.10. The third-order valence-corrected chi connectivity index (χ3v) is 4.75. The first kappa shape index (κ1) is 16.7. The average Bonchev–Trinajstić information content (AvgIpc) is 2.68.